The van der Waals surface area contributed by atoms with E-state index in [4.69, 9.17) is 0 Å². The topological polar surface area (TPSA) is 59.0 Å². The molecule has 0 radical (unpaired) electrons. The SMILES string of the molecule is O=C(NCCc1ccccc1)NC1CC2(C1)c1ccccc1-c1cncn12. The van der Waals surface area contributed by atoms with Crippen molar-refractivity contribution in [1.82, 2.24) is 20.2 Å². The smallest absolute Gasteiger partial charge is 0.315 e. The molecule has 1 saturated carbocycles. The Kier molecular flexibility index (Phi) is 3.74. The number of hydrogen-bond donors (Lipinski definition) is 2. The van der Waals surface area contributed by atoms with E-state index in [1.165, 1.54) is 22.4 Å². The number of amides is 2. The summed E-state index contributed by atoms with van der Waals surface area (Å²) in [7, 11) is 0. The first kappa shape index (κ1) is 16.1. The van der Waals surface area contributed by atoms with Crippen LogP contribution in [0.25, 0.3) is 11.3 Å². The minimum Gasteiger partial charge on any atom is -0.338 e. The van der Waals surface area contributed by atoms with E-state index in [9.17, 15) is 4.79 Å². The summed E-state index contributed by atoms with van der Waals surface area (Å²) < 4.78 is 2.28. The van der Waals surface area contributed by atoms with Gasteiger partial charge in [-0.15, -0.1) is 0 Å². The van der Waals surface area contributed by atoms with Gasteiger partial charge in [0.2, 0.25) is 0 Å². The van der Waals surface area contributed by atoms with Gasteiger partial charge in [-0.1, -0.05) is 54.6 Å². The lowest BCUT2D eigenvalue weighted by Crippen LogP contribution is -2.57. The Labute approximate surface area is 158 Å². The fourth-order valence-corrected chi connectivity index (χ4v) is 4.55. The molecule has 2 N–H and O–H groups in total. The van der Waals surface area contributed by atoms with Crippen LogP contribution >= 0.6 is 0 Å². The number of aromatic nitrogens is 2. The van der Waals surface area contributed by atoms with Gasteiger partial charge in [0.1, 0.15) is 0 Å². The molecule has 27 heavy (non-hydrogen) atoms. The van der Waals surface area contributed by atoms with Gasteiger partial charge >= 0.3 is 6.03 Å². The standard InChI is InChI=1S/C22H22N4O/c27-21(24-11-10-16-6-2-1-3-7-16)25-17-12-22(13-17)19-9-5-4-8-18(19)20-14-23-15-26(20)22/h1-9,14-15,17H,10-13H2,(H2,24,25,27). The van der Waals surface area contributed by atoms with Gasteiger partial charge in [-0.2, -0.15) is 0 Å². The number of hydrogen-bond acceptors (Lipinski definition) is 2. The first-order chi connectivity index (χ1) is 13.3. The number of imidazole rings is 1. The molecule has 5 heteroatoms. The number of benzene rings is 2. The molecule has 1 aliphatic heterocycles. The van der Waals surface area contributed by atoms with Gasteiger partial charge in [0.25, 0.3) is 0 Å². The van der Waals surface area contributed by atoms with Crippen molar-refractivity contribution in [2.24, 2.45) is 0 Å². The first-order valence-electron chi connectivity index (χ1n) is 9.47. The quantitative estimate of drug-likeness (QED) is 0.752. The van der Waals surface area contributed by atoms with E-state index in [-0.39, 0.29) is 17.6 Å². The van der Waals surface area contributed by atoms with Gasteiger partial charge in [0.05, 0.1) is 23.8 Å². The van der Waals surface area contributed by atoms with Gasteiger partial charge in [0, 0.05) is 18.2 Å². The summed E-state index contributed by atoms with van der Waals surface area (Å²) in [5, 5.41) is 6.10. The number of nitrogens with one attached hydrogen (secondary N) is 2. The lowest BCUT2D eigenvalue weighted by Gasteiger charge is -2.47. The first-order valence-corrected chi connectivity index (χ1v) is 9.47. The molecule has 0 bridgehead atoms. The molecule has 1 fully saturated rings. The number of nitrogens with zero attached hydrogens (tertiary/aromatic N) is 2. The molecular weight excluding hydrogens is 336 g/mol. The Bertz CT molecular complexity index is 973. The molecule has 2 heterocycles. The second-order valence-corrected chi connectivity index (χ2v) is 7.47. The number of fused-ring (bicyclic) bond motifs is 5. The molecule has 2 aromatic carbocycles. The monoisotopic (exact) mass is 358 g/mol. The molecule has 1 aromatic heterocycles. The fourth-order valence-electron chi connectivity index (χ4n) is 4.55. The summed E-state index contributed by atoms with van der Waals surface area (Å²) in [6.07, 6.45) is 6.50. The average Bonchev–Trinajstić information content (AvgIpc) is 3.24. The van der Waals surface area contributed by atoms with Gasteiger partial charge in [-0.3, -0.25) is 0 Å². The van der Waals surface area contributed by atoms with Crippen molar-refractivity contribution in [2.75, 3.05) is 6.54 Å². The Morgan fingerprint density at radius 3 is 2.74 bits per heavy atom. The van der Waals surface area contributed by atoms with E-state index < -0.39 is 0 Å². The van der Waals surface area contributed by atoms with E-state index in [1.54, 1.807) is 0 Å². The predicted molar refractivity (Wildman–Crippen MR) is 104 cm³/mol. The van der Waals surface area contributed by atoms with Crippen molar-refractivity contribution in [2.45, 2.75) is 30.8 Å². The molecule has 0 atom stereocenters. The third-order valence-corrected chi connectivity index (χ3v) is 5.85. The van der Waals surface area contributed by atoms with Crippen LogP contribution in [-0.4, -0.2) is 28.2 Å². The van der Waals surface area contributed by atoms with Crippen LogP contribution in [-0.2, 0) is 12.0 Å². The highest BCUT2D eigenvalue weighted by Gasteiger charge is 2.52. The molecular formula is C22H22N4O. The number of carbonyl (C=O) groups excluding carboxylic acids is 1. The number of carbonyl (C=O) groups is 1. The fraction of sp³-hybridized carbons (Fsp3) is 0.273. The van der Waals surface area contributed by atoms with Crippen LogP contribution in [0.3, 0.4) is 0 Å². The third kappa shape index (κ3) is 2.62. The van der Waals surface area contributed by atoms with E-state index in [1.807, 2.05) is 30.7 Å². The molecule has 2 amide bonds. The minimum atomic E-state index is -0.0806. The highest BCUT2D eigenvalue weighted by atomic mass is 16.2. The van der Waals surface area contributed by atoms with Gasteiger partial charge in [-0.25, -0.2) is 9.78 Å². The summed E-state index contributed by atoms with van der Waals surface area (Å²) in [6, 6.07) is 18.8. The molecule has 136 valence electrons. The van der Waals surface area contributed by atoms with Crippen molar-refractivity contribution in [1.29, 1.82) is 0 Å². The van der Waals surface area contributed by atoms with Crippen molar-refractivity contribution in [3.63, 3.8) is 0 Å². The molecule has 0 saturated heterocycles. The average molecular weight is 358 g/mol. The largest absolute Gasteiger partial charge is 0.338 e. The van der Waals surface area contributed by atoms with Crippen LogP contribution in [0.4, 0.5) is 4.79 Å². The Balaban J connectivity index is 1.20. The summed E-state index contributed by atoms with van der Waals surface area (Å²) in [6.45, 7) is 0.641. The molecule has 5 rings (SSSR count). The van der Waals surface area contributed by atoms with Gasteiger partial charge in [-0.05, 0) is 30.4 Å². The zero-order valence-electron chi connectivity index (χ0n) is 15.1. The number of urea groups is 1. The molecule has 1 spiro atoms. The zero-order chi connectivity index (χ0) is 18.3. The highest BCUT2D eigenvalue weighted by Crippen LogP contribution is 2.54. The lowest BCUT2D eigenvalue weighted by molar-refractivity contribution is 0.146. The Hall–Kier alpha value is -3.08. The normalized spacial score (nSPS) is 22.0. The lowest BCUT2D eigenvalue weighted by atomic mass is 9.68. The van der Waals surface area contributed by atoms with Crippen LogP contribution in [0.5, 0.6) is 0 Å². The van der Waals surface area contributed by atoms with Crippen molar-refractivity contribution >= 4 is 6.03 Å². The molecule has 5 nitrogen and oxygen atoms in total. The predicted octanol–water partition coefficient (Wildman–Crippen LogP) is 3.31. The maximum atomic E-state index is 12.2. The molecule has 1 aliphatic carbocycles. The molecule has 2 aliphatic rings. The maximum absolute atomic E-state index is 12.2. The van der Waals surface area contributed by atoms with Gasteiger partial charge < -0.3 is 15.2 Å². The summed E-state index contributed by atoms with van der Waals surface area (Å²) in [4.78, 5) is 16.6. The van der Waals surface area contributed by atoms with E-state index >= 15 is 0 Å². The Morgan fingerprint density at radius 2 is 1.89 bits per heavy atom. The van der Waals surface area contributed by atoms with Crippen molar-refractivity contribution in [3.8, 4) is 11.3 Å². The minimum absolute atomic E-state index is 0.0512. The van der Waals surface area contributed by atoms with E-state index in [2.05, 4.69) is 56.6 Å². The van der Waals surface area contributed by atoms with Crippen LogP contribution in [0, 0.1) is 0 Å². The van der Waals surface area contributed by atoms with Crippen molar-refractivity contribution < 1.29 is 4.79 Å². The van der Waals surface area contributed by atoms with Crippen LogP contribution < -0.4 is 10.6 Å². The molecule has 0 unspecified atom stereocenters. The summed E-state index contributed by atoms with van der Waals surface area (Å²) in [5.41, 5.74) is 4.97. The third-order valence-electron chi connectivity index (χ3n) is 5.85. The maximum Gasteiger partial charge on any atom is 0.315 e. The summed E-state index contributed by atoms with van der Waals surface area (Å²) >= 11 is 0. The number of rotatable bonds is 4. The summed E-state index contributed by atoms with van der Waals surface area (Å²) in [5.74, 6) is 0. The second-order valence-electron chi connectivity index (χ2n) is 7.47. The second kappa shape index (κ2) is 6.27. The molecule has 3 aromatic rings. The highest BCUT2D eigenvalue weighted by molar-refractivity contribution is 5.75. The van der Waals surface area contributed by atoms with E-state index in [0.717, 1.165) is 19.3 Å². The van der Waals surface area contributed by atoms with Crippen LogP contribution in [0.2, 0.25) is 0 Å². The zero-order valence-corrected chi connectivity index (χ0v) is 15.1. The van der Waals surface area contributed by atoms with E-state index in [0.29, 0.717) is 6.54 Å². The van der Waals surface area contributed by atoms with Crippen LogP contribution in [0.15, 0.2) is 67.1 Å². The van der Waals surface area contributed by atoms with Crippen LogP contribution in [0.1, 0.15) is 24.0 Å². The van der Waals surface area contributed by atoms with Crippen molar-refractivity contribution in [3.05, 3.63) is 78.2 Å². The Morgan fingerprint density at radius 1 is 1.11 bits per heavy atom. The van der Waals surface area contributed by atoms with Gasteiger partial charge in [0.15, 0.2) is 0 Å².